The third-order valence-electron chi connectivity index (χ3n) is 6.88. The topological polar surface area (TPSA) is 85.8 Å². The van der Waals surface area contributed by atoms with Gasteiger partial charge in [-0.2, -0.15) is 0 Å². The Morgan fingerprint density at radius 2 is 1.80 bits per heavy atom. The molecule has 0 atom stereocenters. The highest BCUT2D eigenvalue weighted by atomic mass is 35.5. The molecule has 1 saturated heterocycles. The Labute approximate surface area is 209 Å². The molecule has 0 bridgehead atoms. The number of pyridine rings is 1. The smallest absolute Gasteiger partial charge is 0.272 e. The number of ketones is 2. The van der Waals surface area contributed by atoms with E-state index in [-0.39, 0.29) is 30.3 Å². The fourth-order valence-corrected chi connectivity index (χ4v) is 5.43. The molecular weight excluding hydrogens is 468 g/mol. The van der Waals surface area contributed by atoms with Crippen molar-refractivity contribution < 1.29 is 23.9 Å². The van der Waals surface area contributed by atoms with E-state index < -0.39 is 11.3 Å². The maximum absolute atomic E-state index is 13.3. The number of carbonyl (C=O) groups is 3. The summed E-state index contributed by atoms with van der Waals surface area (Å²) in [5.41, 5.74) is 0.940. The Kier molecular flexibility index (Phi) is 7.13. The van der Waals surface area contributed by atoms with Gasteiger partial charge in [0.1, 0.15) is 28.9 Å². The van der Waals surface area contributed by atoms with Crippen molar-refractivity contribution in [2.45, 2.75) is 38.5 Å². The minimum absolute atomic E-state index is 0.162. The van der Waals surface area contributed by atoms with Crippen LogP contribution in [-0.4, -0.2) is 54.7 Å². The molecule has 7 nitrogen and oxygen atoms in total. The summed E-state index contributed by atoms with van der Waals surface area (Å²) in [7, 11) is 2.99. The van der Waals surface area contributed by atoms with Gasteiger partial charge in [0.05, 0.1) is 14.2 Å². The Hall–Kier alpha value is -3.37. The van der Waals surface area contributed by atoms with Crippen LogP contribution >= 0.6 is 11.6 Å². The SMILES string of the molecule is CC#Cc1cc(Cl)c(C2C(=O)CC3(CCN(C(=O)c4cccc(OC)n4)CC3)CC2=O)c(OC)c1. The molecule has 0 radical (unpaired) electrons. The van der Waals surface area contributed by atoms with Crippen molar-refractivity contribution in [1.82, 2.24) is 9.88 Å². The second-order valence-electron chi connectivity index (χ2n) is 9.03. The number of methoxy groups -OCH3 is 2. The molecule has 182 valence electrons. The van der Waals surface area contributed by atoms with Gasteiger partial charge in [0, 0.05) is 48.1 Å². The predicted octanol–water partition coefficient (Wildman–Crippen LogP) is 4.06. The molecule has 1 aliphatic heterocycles. The van der Waals surface area contributed by atoms with Crippen molar-refractivity contribution in [3.05, 3.63) is 52.2 Å². The Morgan fingerprint density at radius 3 is 2.40 bits per heavy atom. The fraction of sp³-hybridized carbons (Fsp3) is 0.407. The van der Waals surface area contributed by atoms with Crippen LogP contribution in [0.5, 0.6) is 11.6 Å². The molecule has 2 aromatic rings. The van der Waals surface area contributed by atoms with Gasteiger partial charge in [0.25, 0.3) is 5.91 Å². The van der Waals surface area contributed by atoms with Crippen molar-refractivity contribution in [2.75, 3.05) is 27.3 Å². The van der Waals surface area contributed by atoms with Crippen LogP contribution in [-0.2, 0) is 9.59 Å². The minimum atomic E-state index is -0.952. The molecule has 1 spiro atoms. The zero-order valence-corrected chi connectivity index (χ0v) is 20.8. The van der Waals surface area contributed by atoms with Crippen molar-refractivity contribution >= 4 is 29.1 Å². The van der Waals surface area contributed by atoms with Crippen LogP contribution in [0, 0.1) is 17.3 Å². The van der Waals surface area contributed by atoms with Gasteiger partial charge in [-0.1, -0.05) is 23.6 Å². The standard InChI is InChI=1S/C27H27ClN2O5/c1-4-6-17-13-18(28)24(22(14-17)34-2)25-20(31)15-27(16-21(25)32)9-11-30(12-10-27)26(33)19-7-5-8-23(29-19)35-3/h5,7-8,13-14,25H,9-12,15-16H2,1-3H3. The Bertz CT molecular complexity index is 1220. The highest BCUT2D eigenvalue weighted by Gasteiger charge is 2.48. The summed E-state index contributed by atoms with van der Waals surface area (Å²) < 4.78 is 10.6. The first-order valence-electron chi connectivity index (χ1n) is 11.5. The quantitative estimate of drug-likeness (QED) is 0.470. The zero-order chi connectivity index (χ0) is 25.2. The van der Waals surface area contributed by atoms with Gasteiger partial charge < -0.3 is 14.4 Å². The van der Waals surface area contributed by atoms with E-state index in [4.69, 9.17) is 21.1 Å². The molecule has 2 aliphatic rings. The van der Waals surface area contributed by atoms with E-state index in [1.807, 2.05) is 0 Å². The number of likely N-dealkylation sites (tertiary alicyclic amines) is 1. The number of amides is 1. The van der Waals surface area contributed by atoms with Gasteiger partial charge >= 0.3 is 0 Å². The molecule has 0 N–H and O–H groups in total. The van der Waals surface area contributed by atoms with Crippen molar-refractivity contribution in [3.8, 4) is 23.5 Å². The molecule has 0 unspecified atom stereocenters. The number of hydrogen-bond acceptors (Lipinski definition) is 6. The molecule has 4 rings (SSSR count). The average Bonchev–Trinajstić information content (AvgIpc) is 2.85. The van der Waals surface area contributed by atoms with E-state index in [1.165, 1.54) is 14.2 Å². The summed E-state index contributed by atoms with van der Waals surface area (Å²) in [5.74, 6) is 5.05. The van der Waals surface area contributed by atoms with Gasteiger partial charge in [-0.3, -0.25) is 14.4 Å². The molecule has 8 heteroatoms. The average molecular weight is 495 g/mol. The Morgan fingerprint density at radius 1 is 1.11 bits per heavy atom. The van der Waals surface area contributed by atoms with Gasteiger partial charge in [-0.05, 0) is 43.4 Å². The number of hydrogen-bond donors (Lipinski definition) is 0. The van der Waals surface area contributed by atoms with Gasteiger partial charge in [-0.15, -0.1) is 5.92 Å². The Balaban J connectivity index is 1.50. The number of carbonyl (C=O) groups excluding carboxylic acids is 3. The minimum Gasteiger partial charge on any atom is -0.496 e. The van der Waals surface area contributed by atoms with Crippen LogP contribution in [0.25, 0.3) is 0 Å². The maximum atomic E-state index is 13.3. The first-order valence-corrected chi connectivity index (χ1v) is 11.8. The van der Waals surface area contributed by atoms with Crippen LogP contribution in [0.1, 0.15) is 60.1 Å². The number of rotatable bonds is 4. The maximum Gasteiger partial charge on any atom is 0.272 e. The first-order chi connectivity index (χ1) is 16.8. The van der Waals surface area contributed by atoms with E-state index in [9.17, 15) is 14.4 Å². The number of ether oxygens (including phenoxy) is 2. The normalized spacial score (nSPS) is 17.7. The monoisotopic (exact) mass is 494 g/mol. The fourth-order valence-electron chi connectivity index (χ4n) is 5.11. The number of aromatic nitrogens is 1. The molecule has 2 fully saturated rings. The summed E-state index contributed by atoms with van der Waals surface area (Å²) in [6.07, 6.45) is 1.67. The highest BCUT2D eigenvalue weighted by Crippen LogP contribution is 2.48. The summed E-state index contributed by atoms with van der Waals surface area (Å²) in [6, 6.07) is 8.44. The number of halogens is 1. The van der Waals surface area contributed by atoms with E-state index in [2.05, 4.69) is 16.8 Å². The second kappa shape index (κ2) is 10.1. The number of benzene rings is 1. The summed E-state index contributed by atoms with van der Waals surface area (Å²) in [4.78, 5) is 45.6. The van der Waals surface area contributed by atoms with Crippen LogP contribution < -0.4 is 9.47 Å². The lowest BCUT2D eigenvalue weighted by Gasteiger charge is -2.44. The highest BCUT2D eigenvalue weighted by molar-refractivity contribution is 6.32. The largest absolute Gasteiger partial charge is 0.496 e. The van der Waals surface area contributed by atoms with E-state index in [1.54, 1.807) is 42.2 Å². The van der Waals surface area contributed by atoms with Crippen LogP contribution in [0.4, 0.5) is 0 Å². The lowest BCUT2D eigenvalue weighted by molar-refractivity contribution is -0.138. The summed E-state index contributed by atoms with van der Waals surface area (Å²) in [6.45, 7) is 2.63. The first kappa shape index (κ1) is 24.7. The van der Waals surface area contributed by atoms with Crippen molar-refractivity contribution in [2.24, 2.45) is 5.41 Å². The summed E-state index contributed by atoms with van der Waals surface area (Å²) >= 11 is 6.51. The molecule has 1 aliphatic carbocycles. The number of nitrogens with zero attached hydrogens (tertiary/aromatic N) is 2. The van der Waals surface area contributed by atoms with Crippen LogP contribution in [0.2, 0.25) is 5.02 Å². The molecular formula is C27H27ClN2O5. The lowest BCUT2D eigenvalue weighted by Crippen LogP contribution is -2.48. The van der Waals surface area contributed by atoms with Gasteiger partial charge in [0.15, 0.2) is 0 Å². The van der Waals surface area contributed by atoms with Crippen LogP contribution in [0.15, 0.2) is 30.3 Å². The van der Waals surface area contributed by atoms with Crippen LogP contribution in [0.3, 0.4) is 0 Å². The molecule has 1 aromatic heterocycles. The molecule has 2 heterocycles. The summed E-state index contributed by atoms with van der Waals surface area (Å²) in [5, 5.41) is 0.302. The van der Waals surface area contributed by atoms with E-state index >= 15 is 0 Å². The van der Waals surface area contributed by atoms with Crippen molar-refractivity contribution in [1.29, 1.82) is 0 Å². The van der Waals surface area contributed by atoms with Crippen molar-refractivity contribution in [3.63, 3.8) is 0 Å². The lowest BCUT2D eigenvalue weighted by atomic mass is 9.63. The molecule has 1 saturated carbocycles. The third kappa shape index (κ3) is 4.89. The third-order valence-corrected chi connectivity index (χ3v) is 7.19. The number of Topliss-reactive ketones (excluding diaryl/α,β-unsaturated/α-hetero) is 2. The molecule has 1 aromatic carbocycles. The molecule has 1 amide bonds. The zero-order valence-electron chi connectivity index (χ0n) is 20.0. The second-order valence-corrected chi connectivity index (χ2v) is 9.43. The van der Waals surface area contributed by atoms with E-state index in [0.717, 1.165) is 0 Å². The number of piperidine rings is 1. The molecule has 35 heavy (non-hydrogen) atoms. The predicted molar refractivity (Wildman–Crippen MR) is 131 cm³/mol. The van der Waals surface area contributed by atoms with E-state index in [0.29, 0.717) is 59.4 Å². The van der Waals surface area contributed by atoms with Gasteiger partial charge in [-0.25, -0.2) is 4.98 Å². The van der Waals surface area contributed by atoms with Gasteiger partial charge in [0.2, 0.25) is 5.88 Å².